The highest BCUT2D eigenvalue weighted by atomic mass is 35.5. The van der Waals surface area contributed by atoms with Gasteiger partial charge in [-0.05, 0) is 25.1 Å². The van der Waals surface area contributed by atoms with Crippen LogP contribution in [0.4, 0.5) is 10.1 Å². The van der Waals surface area contributed by atoms with Gasteiger partial charge in [-0.3, -0.25) is 10.1 Å². The van der Waals surface area contributed by atoms with E-state index in [0.717, 1.165) is 5.69 Å². The van der Waals surface area contributed by atoms with E-state index in [4.69, 9.17) is 17.3 Å². The molecule has 0 saturated carbocycles. The van der Waals surface area contributed by atoms with Crippen molar-refractivity contribution in [2.45, 2.75) is 6.92 Å². The fraction of sp³-hybridized carbons (Fsp3) is 0.0909. The molecule has 0 aliphatic heterocycles. The van der Waals surface area contributed by atoms with E-state index >= 15 is 0 Å². The van der Waals surface area contributed by atoms with Gasteiger partial charge in [0.25, 0.3) is 5.91 Å². The molecule has 2 aromatic rings. The van der Waals surface area contributed by atoms with Crippen LogP contribution < -0.4 is 11.1 Å². The predicted octanol–water partition coefficient (Wildman–Crippen LogP) is 2.94. The number of rotatable bonds is 2. The summed E-state index contributed by atoms with van der Waals surface area (Å²) in [6.07, 6.45) is 0. The first-order valence-corrected chi connectivity index (χ1v) is 6.05. The van der Waals surface area contributed by atoms with Gasteiger partial charge in [-0.1, -0.05) is 29.0 Å². The number of benzene rings is 1. The van der Waals surface area contributed by atoms with Crippen LogP contribution in [0.3, 0.4) is 0 Å². The summed E-state index contributed by atoms with van der Waals surface area (Å²) in [4.78, 5) is 16.0. The van der Waals surface area contributed by atoms with Gasteiger partial charge in [-0.25, -0.2) is 4.98 Å². The minimum Gasteiger partial charge on any atom is -0.389 e. The molecule has 0 atom stereocenters. The van der Waals surface area contributed by atoms with Gasteiger partial charge < -0.3 is 5.73 Å². The highest BCUT2D eigenvalue weighted by molar-refractivity contribution is 7.19. The molecule has 1 aromatic carbocycles. The average molecular weight is 268 g/mol. The monoisotopic (exact) mass is 267 g/mol. The smallest absolute Gasteiger partial charge is 0.257 e. The van der Waals surface area contributed by atoms with Crippen LogP contribution in [0.15, 0.2) is 24.3 Å². The van der Waals surface area contributed by atoms with Crippen LogP contribution in [0.2, 0.25) is 5.02 Å². The molecule has 0 unspecified atom stereocenters. The van der Waals surface area contributed by atoms with Crippen LogP contribution in [0.5, 0.6) is 0 Å². The summed E-state index contributed by atoms with van der Waals surface area (Å²) in [5, 5.41) is 4.29. The summed E-state index contributed by atoms with van der Waals surface area (Å²) in [6, 6.07) is 6.72. The molecule has 2 rings (SSSR count). The molecule has 88 valence electrons. The molecule has 0 bridgehead atoms. The van der Waals surface area contributed by atoms with E-state index in [-0.39, 0.29) is 5.91 Å². The molecule has 0 fully saturated rings. The van der Waals surface area contributed by atoms with Crippen molar-refractivity contribution >= 4 is 39.0 Å². The van der Waals surface area contributed by atoms with Crippen molar-refractivity contribution in [2.24, 2.45) is 0 Å². The topological polar surface area (TPSA) is 68.0 Å². The fourth-order valence-electron chi connectivity index (χ4n) is 1.26. The molecular formula is C11H10ClN3OS. The third kappa shape index (κ3) is 2.75. The number of nitrogens with two attached hydrogens (primary N) is 1. The lowest BCUT2D eigenvalue weighted by Gasteiger charge is -2.01. The molecule has 0 saturated heterocycles. The van der Waals surface area contributed by atoms with Crippen LogP contribution >= 0.6 is 22.9 Å². The van der Waals surface area contributed by atoms with Gasteiger partial charge in [0.05, 0.1) is 5.69 Å². The lowest BCUT2D eigenvalue weighted by Crippen LogP contribution is -2.11. The van der Waals surface area contributed by atoms with Crippen molar-refractivity contribution in [3.8, 4) is 0 Å². The fourth-order valence-corrected chi connectivity index (χ4v) is 2.18. The van der Waals surface area contributed by atoms with Crippen LogP contribution in [0.1, 0.15) is 16.1 Å². The Hall–Kier alpha value is -1.59. The standard InChI is InChI=1S/C11H10ClN3OS/c1-6-9(13)17-11(14-6)15-10(16)7-3-2-4-8(12)5-7/h2-5H,13H2,1H3,(H,14,15,16). The zero-order valence-electron chi connectivity index (χ0n) is 9.03. The highest BCUT2D eigenvalue weighted by Gasteiger charge is 2.10. The number of carbonyl (C=O) groups excluding carboxylic acids is 1. The van der Waals surface area contributed by atoms with E-state index in [2.05, 4.69) is 10.3 Å². The molecule has 0 spiro atoms. The average Bonchev–Trinajstić information content (AvgIpc) is 2.58. The normalized spacial score (nSPS) is 10.2. The molecule has 1 amide bonds. The van der Waals surface area contributed by atoms with Crippen LogP contribution in [0, 0.1) is 6.92 Å². The molecule has 0 aliphatic rings. The number of carbonyl (C=O) groups is 1. The van der Waals surface area contributed by atoms with E-state index in [0.29, 0.717) is 20.7 Å². The quantitative estimate of drug-likeness (QED) is 0.879. The molecule has 3 N–H and O–H groups in total. The van der Waals surface area contributed by atoms with Crippen molar-refractivity contribution in [2.75, 3.05) is 11.1 Å². The molecular weight excluding hydrogens is 258 g/mol. The van der Waals surface area contributed by atoms with Crippen LogP contribution in [0.25, 0.3) is 0 Å². The van der Waals surface area contributed by atoms with E-state index in [1.807, 2.05) is 0 Å². The molecule has 0 radical (unpaired) electrons. The maximum Gasteiger partial charge on any atom is 0.257 e. The number of nitrogens with one attached hydrogen (secondary N) is 1. The van der Waals surface area contributed by atoms with Crippen molar-refractivity contribution < 1.29 is 4.79 Å². The first-order valence-electron chi connectivity index (χ1n) is 4.86. The summed E-state index contributed by atoms with van der Waals surface area (Å²) in [5.74, 6) is -0.249. The molecule has 17 heavy (non-hydrogen) atoms. The molecule has 4 nitrogen and oxygen atoms in total. The second-order valence-corrected chi connectivity index (χ2v) is 4.90. The molecule has 1 aromatic heterocycles. The maximum atomic E-state index is 11.8. The molecule has 0 aliphatic carbocycles. The zero-order chi connectivity index (χ0) is 12.4. The summed E-state index contributed by atoms with van der Waals surface area (Å²) >= 11 is 7.05. The number of thiazole rings is 1. The van der Waals surface area contributed by atoms with E-state index < -0.39 is 0 Å². The van der Waals surface area contributed by atoms with Gasteiger partial charge in [0.2, 0.25) is 0 Å². The lowest BCUT2D eigenvalue weighted by atomic mass is 10.2. The summed E-state index contributed by atoms with van der Waals surface area (Å²) in [7, 11) is 0. The van der Waals surface area contributed by atoms with Crippen molar-refractivity contribution in [3.63, 3.8) is 0 Å². The Morgan fingerprint density at radius 1 is 1.53 bits per heavy atom. The number of hydrogen-bond acceptors (Lipinski definition) is 4. The number of halogens is 1. The van der Waals surface area contributed by atoms with Gasteiger partial charge in [-0.2, -0.15) is 0 Å². The number of anilines is 2. The Balaban J connectivity index is 2.17. The predicted molar refractivity (Wildman–Crippen MR) is 70.7 cm³/mol. The van der Waals surface area contributed by atoms with E-state index in [1.54, 1.807) is 31.2 Å². The zero-order valence-corrected chi connectivity index (χ0v) is 10.6. The summed E-state index contributed by atoms with van der Waals surface area (Å²) in [6.45, 7) is 1.79. The Bertz CT molecular complexity index is 548. The van der Waals surface area contributed by atoms with Crippen LogP contribution in [-0.2, 0) is 0 Å². The van der Waals surface area contributed by atoms with Gasteiger partial charge >= 0.3 is 0 Å². The maximum absolute atomic E-state index is 11.8. The van der Waals surface area contributed by atoms with Gasteiger partial charge in [0.15, 0.2) is 5.13 Å². The number of nitrogen functional groups attached to an aromatic ring is 1. The summed E-state index contributed by atoms with van der Waals surface area (Å²) < 4.78 is 0. The minimum absolute atomic E-state index is 0.249. The first-order chi connectivity index (χ1) is 8.06. The Kier molecular flexibility index (Phi) is 3.31. The lowest BCUT2D eigenvalue weighted by molar-refractivity contribution is 0.102. The van der Waals surface area contributed by atoms with E-state index in [1.165, 1.54) is 11.3 Å². The van der Waals surface area contributed by atoms with Gasteiger partial charge in [-0.15, -0.1) is 0 Å². The SMILES string of the molecule is Cc1nc(NC(=O)c2cccc(Cl)c2)sc1N. The summed E-state index contributed by atoms with van der Waals surface area (Å²) in [5.41, 5.74) is 6.87. The largest absolute Gasteiger partial charge is 0.389 e. The minimum atomic E-state index is -0.249. The number of amides is 1. The highest BCUT2D eigenvalue weighted by Crippen LogP contribution is 2.25. The molecule has 1 heterocycles. The third-order valence-corrected chi connectivity index (χ3v) is 3.28. The second kappa shape index (κ2) is 4.73. The first kappa shape index (κ1) is 11.9. The Morgan fingerprint density at radius 3 is 2.88 bits per heavy atom. The van der Waals surface area contributed by atoms with Gasteiger partial charge in [0, 0.05) is 10.6 Å². The number of aromatic nitrogens is 1. The third-order valence-electron chi connectivity index (χ3n) is 2.14. The second-order valence-electron chi connectivity index (χ2n) is 3.43. The molecule has 6 heteroatoms. The number of aryl methyl sites for hydroxylation is 1. The van der Waals surface area contributed by atoms with Gasteiger partial charge in [0.1, 0.15) is 5.00 Å². The van der Waals surface area contributed by atoms with Crippen LogP contribution in [-0.4, -0.2) is 10.9 Å². The van der Waals surface area contributed by atoms with E-state index in [9.17, 15) is 4.79 Å². The Morgan fingerprint density at radius 2 is 2.29 bits per heavy atom. The Labute approximate surface area is 107 Å². The number of hydrogen-bond donors (Lipinski definition) is 2. The van der Waals surface area contributed by atoms with Crippen molar-refractivity contribution in [3.05, 3.63) is 40.5 Å². The van der Waals surface area contributed by atoms with Crippen molar-refractivity contribution in [1.29, 1.82) is 0 Å². The number of nitrogens with zero attached hydrogens (tertiary/aromatic N) is 1. The van der Waals surface area contributed by atoms with Crippen molar-refractivity contribution in [1.82, 2.24) is 4.98 Å².